The highest BCUT2D eigenvalue weighted by Crippen LogP contribution is 2.16. The largest absolute Gasteiger partial charge is 0.399 e. The van der Waals surface area contributed by atoms with Crippen molar-refractivity contribution < 1.29 is 9.47 Å². The topological polar surface area (TPSA) is 44.5 Å². The van der Waals surface area contributed by atoms with E-state index in [0.29, 0.717) is 25.7 Å². The van der Waals surface area contributed by atoms with Crippen LogP contribution in [0.1, 0.15) is 25.0 Å². The van der Waals surface area contributed by atoms with E-state index in [-0.39, 0.29) is 0 Å². The Morgan fingerprint density at radius 3 is 2.59 bits per heavy atom. The first-order valence-corrected chi connectivity index (χ1v) is 6.10. The van der Waals surface area contributed by atoms with E-state index in [1.807, 2.05) is 25.1 Å². The quantitative estimate of drug-likeness (QED) is 0.586. The predicted octanol–water partition coefficient (Wildman–Crippen LogP) is 2.77. The third kappa shape index (κ3) is 5.20. The molecule has 2 N–H and O–H groups in total. The molecule has 1 aromatic carbocycles. The van der Waals surface area contributed by atoms with E-state index in [0.717, 1.165) is 23.4 Å². The van der Waals surface area contributed by atoms with E-state index in [1.165, 1.54) is 0 Å². The highest BCUT2D eigenvalue weighted by Gasteiger charge is 2.01. The first-order valence-electron chi connectivity index (χ1n) is 6.10. The molecule has 0 unspecified atom stereocenters. The van der Waals surface area contributed by atoms with Crippen LogP contribution in [-0.4, -0.2) is 19.8 Å². The van der Waals surface area contributed by atoms with Gasteiger partial charge in [-0.1, -0.05) is 26.0 Å². The van der Waals surface area contributed by atoms with Crippen LogP contribution in [0.5, 0.6) is 0 Å². The van der Waals surface area contributed by atoms with Gasteiger partial charge in [0.1, 0.15) is 0 Å². The van der Waals surface area contributed by atoms with Crippen molar-refractivity contribution >= 4 is 5.69 Å². The van der Waals surface area contributed by atoms with Crippen molar-refractivity contribution in [1.82, 2.24) is 0 Å². The van der Waals surface area contributed by atoms with Crippen LogP contribution in [0.15, 0.2) is 18.2 Å². The van der Waals surface area contributed by atoms with Gasteiger partial charge in [0, 0.05) is 12.3 Å². The lowest BCUT2D eigenvalue weighted by Gasteiger charge is -2.10. The summed E-state index contributed by atoms with van der Waals surface area (Å²) >= 11 is 0. The lowest BCUT2D eigenvalue weighted by atomic mass is 10.1. The summed E-state index contributed by atoms with van der Waals surface area (Å²) in [5.74, 6) is 0.575. The molecule has 0 fully saturated rings. The molecule has 96 valence electrons. The fourth-order valence-electron chi connectivity index (χ4n) is 1.48. The molecule has 0 aromatic heterocycles. The van der Waals surface area contributed by atoms with E-state index in [4.69, 9.17) is 15.2 Å². The maximum absolute atomic E-state index is 5.83. The van der Waals surface area contributed by atoms with E-state index in [1.54, 1.807) is 0 Å². The van der Waals surface area contributed by atoms with Crippen LogP contribution in [0, 0.1) is 12.8 Å². The Morgan fingerprint density at radius 2 is 1.88 bits per heavy atom. The molecule has 17 heavy (non-hydrogen) atoms. The van der Waals surface area contributed by atoms with Crippen LogP contribution in [0.2, 0.25) is 0 Å². The average Bonchev–Trinajstić information content (AvgIpc) is 2.28. The number of hydrogen-bond donors (Lipinski definition) is 1. The van der Waals surface area contributed by atoms with Gasteiger partial charge in [-0.2, -0.15) is 0 Å². The van der Waals surface area contributed by atoms with Gasteiger partial charge >= 0.3 is 0 Å². The fourth-order valence-corrected chi connectivity index (χ4v) is 1.48. The van der Waals surface area contributed by atoms with Crippen LogP contribution in [0.3, 0.4) is 0 Å². The first kappa shape index (κ1) is 14.0. The van der Waals surface area contributed by atoms with Crippen LogP contribution in [0.4, 0.5) is 5.69 Å². The van der Waals surface area contributed by atoms with E-state index >= 15 is 0 Å². The lowest BCUT2D eigenvalue weighted by Crippen LogP contribution is -2.09. The van der Waals surface area contributed by atoms with Crippen LogP contribution < -0.4 is 5.73 Å². The number of hydrogen-bond acceptors (Lipinski definition) is 3. The van der Waals surface area contributed by atoms with Gasteiger partial charge in [-0.25, -0.2) is 0 Å². The van der Waals surface area contributed by atoms with Gasteiger partial charge in [0.25, 0.3) is 0 Å². The Hall–Kier alpha value is -1.06. The van der Waals surface area contributed by atoms with Gasteiger partial charge in [-0.3, -0.25) is 0 Å². The smallest absolute Gasteiger partial charge is 0.0721 e. The number of nitrogens with two attached hydrogens (primary N) is 1. The van der Waals surface area contributed by atoms with Gasteiger partial charge < -0.3 is 15.2 Å². The maximum atomic E-state index is 5.83. The van der Waals surface area contributed by atoms with E-state index < -0.39 is 0 Å². The molecule has 0 bridgehead atoms. The van der Waals surface area contributed by atoms with Crippen molar-refractivity contribution in [1.29, 1.82) is 0 Å². The molecule has 1 aromatic rings. The zero-order valence-electron chi connectivity index (χ0n) is 11.0. The summed E-state index contributed by atoms with van der Waals surface area (Å²) < 4.78 is 11.0. The Balaban J connectivity index is 2.20. The molecule has 0 radical (unpaired) electrons. The van der Waals surface area contributed by atoms with Crippen LogP contribution in [0.25, 0.3) is 0 Å². The summed E-state index contributed by atoms with van der Waals surface area (Å²) in [5.41, 5.74) is 8.90. The van der Waals surface area contributed by atoms with Crippen molar-refractivity contribution in [3.8, 4) is 0 Å². The Labute approximate surface area is 104 Å². The molecule has 0 spiro atoms. The standard InChI is InChI=1S/C14H23NO2/c1-11(2)9-16-7-8-17-10-13-5-4-6-14(15)12(13)3/h4-6,11H,7-10,15H2,1-3H3. The van der Waals surface area contributed by atoms with E-state index in [2.05, 4.69) is 13.8 Å². The highest BCUT2D eigenvalue weighted by atomic mass is 16.5. The molecule has 3 nitrogen and oxygen atoms in total. The summed E-state index contributed by atoms with van der Waals surface area (Å²) in [6.45, 7) is 8.96. The maximum Gasteiger partial charge on any atom is 0.0721 e. The summed E-state index contributed by atoms with van der Waals surface area (Å²) in [5, 5.41) is 0. The van der Waals surface area contributed by atoms with Crippen molar-refractivity contribution in [3.63, 3.8) is 0 Å². The number of anilines is 1. The third-order valence-corrected chi connectivity index (χ3v) is 2.57. The zero-order valence-corrected chi connectivity index (χ0v) is 11.0. The van der Waals surface area contributed by atoms with Gasteiger partial charge in [-0.05, 0) is 30.0 Å². The molecule has 0 aliphatic heterocycles. The normalized spacial score (nSPS) is 11.1. The Bertz CT molecular complexity index is 337. The summed E-state index contributed by atoms with van der Waals surface area (Å²) in [7, 11) is 0. The summed E-state index contributed by atoms with van der Waals surface area (Å²) in [6.07, 6.45) is 0. The monoisotopic (exact) mass is 237 g/mol. The molecule has 0 aliphatic rings. The van der Waals surface area contributed by atoms with Gasteiger partial charge in [0.05, 0.1) is 19.8 Å². The summed E-state index contributed by atoms with van der Waals surface area (Å²) in [4.78, 5) is 0. The zero-order chi connectivity index (χ0) is 12.7. The van der Waals surface area contributed by atoms with Crippen LogP contribution >= 0.6 is 0 Å². The SMILES string of the molecule is Cc1c(N)cccc1COCCOCC(C)C. The fraction of sp³-hybridized carbons (Fsp3) is 0.571. The molecule has 0 aliphatic carbocycles. The van der Waals surface area contributed by atoms with Crippen molar-refractivity contribution in [2.75, 3.05) is 25.6 Å². The molecule has 1 rings (SSSR count). The minimum atomic E-state index is 0.575. The van der Waals surface area contributed by atoms with E-state index in [9.17, 15) is 0 Å². The molecule has 0 amide bonds. The molecule has 0 saturated heterocycles. The number of ether oxygens (including phenoxy) is 2. The molecule has 0 atom stereocenters. The molecule has 3 heteroatoms. The Kier molecular flexibility index (Phi) is 6.01. The highest BCUT2D eigenvalue weighted by molar-refractivity contribution is 5.49. The first-order chi connectivity index (χ1) is 8.11. The predicted molar refractivity (Wildman–Crippen MR) is 70.9 cm³/mol. The minimum Gasteiger partial charge on any atom is -0.399 e. The third-order valence-electron chi connectivity index (χ3n) is 2.57. The summed E-state index contributed by atoms with van der Waals surface area (Å²) in [6, 6.07) is 5.90. The molecular weight excluding hydrogens is 214 g/mol. The molecule has 0 heterocycles. The van der Waals surface area contributed by atoms with Crippen molar-refractivity contribution in [2.24, 2.45) is 5.92 Å². The second-order valence-corrected chi connectivity index (χ2v) is 4.65. The lowest BCUT2D eigenvalue weighted by molar-refractivity contribution is 0.0313. The van der Waals surface area contributed by atoms with Gasteiger partial charge in [-0.15, -0.1) is 0 Å². The second kappa shape index (κ2) is 7.30. The van der Waals surface area contributed by atoms with Crippen molar-refractivity contribution in [2.45, 2.75) is 27.4 Å². The van der Waals surface area contributed by atoms with Gasteiger partial charge in [0.2, 0.25) is 0 Å². The average molecular weight is 237 g/mol. The van der Waals surface area contributed by atoms with Crippen LogP contribution in [-0.2, 0) is 16.1 Å². The number of nitrogen functional groups attached to an aromatic ring is 1. The number of benzene rings is 1. The minimum absolute atomic E-state index is 0.575. The van der Waals surface area contributed by atoms with Gasteiger partial charge in [0.15, 0.2) is 0 Å². The van der Waals surface area contributed by atoms with Crippen molar-refractivity contribution in [3.05, 3.63) is 29.3 Å². The molecular formula is C14H23NO2. The Morgan fingerprint density at radius 1 is 1.18 bits per heavy atom. The molecule has 0 saturated carbocycles. The second-order valence-electron chi connectivity index (χ2n) is 4.65. The number of rotatable bonds is 7.